The first-order chi connectivity index (χ1) is 5.70. The van der Waals surface area contributed by atoms with E-state index in [0.717, 1.165) is 0 Å². The lowest BCUT2D eigenvalue weighted by Crippen LogP contribution is -1.94. The van der Waals surface area contributed by atoms with Crippen LogP contribution in [0.15, 0.2) is 6.20 Å². The summed E-state index contributed by atoms with van der Waals surface area (Å²) in [5.41, 5.74) is 0.558. The summed E-state index contributed by atoms with van der Waals surface area (Å²) >= 11 is 0. The summed E-state index contributed by atoms with van der Waals surface area (Å²) < 4.78 is 4.82. The van der Waals surface area contributed by atoms with Crippen molar-refractivity contribution in [3.63, 3.8) is 0 Å². The van der Waals surface area contributed by atoms with Gasteiger partial charge in [-0.05, 0) is 6.92 Å². The maximum absolute atomic E-state index is 10.5. The number of carbonyl (C=O) groups excluding carboxylic acids is 1. The Morgan fingerprint density at radius 3 is 2.83 bits per heavy atom. The number of hydrogen-bond donors (Lipinski definition) is 1. The second kappa shape index (κ2) is 3.21. The SMILES string of the molecule is COc1cnc(C)c(O)c1C=O. The highest BCUT2D eigenvalue weighted by molar-refractivity contribution is 5.83. The number of aromatic hydroxyl groups is 1. The highest BCUT2D eigenvalue weighted by atomic mass is 16.5. The molecule has 0 radical (unpaired) electrons. The second-order valence-corrected chi connectivity index (χ2v) is 2.29. The molecule has 0 aromatic carbocycles. The fraction of sp³-hybridized carbons (Fsp3) is 0.250. The van der Waals surface area contributed by atoms with Gasteiger partial charge in [-0.3, -0.25) is 9.78 Å². The van der Waals surface area contributed by atoms with E-state index in [1.54, 1.807) is 6.92 Å². The summed E-state index contributed by atoms with van der Waals surface area (Å²) in [5, 5.41) is 9.34. The lowest BCUT2D eigenvalue weighted by Gasteiger charge is -2.05. The van der Waals surface area contributed by atoms with Crippen molar-refractivity contribution in [3.05, 3.63) is 17.5 Å². The minimum Gasteiger partial charge on any atom is -0.505 e. The first kappa shape index (κ1) is 8.52. The molecule has 0 aliphatic rings. The molecule has 1 aromatic heterocycles. The van der Waals surface area contributed by atoms with Crippen LogP contribution in [0.1, 0.15) is 16.1 Å². The van der Waals surface area contributed by atoms with E-state index in [1.165, 1.54) is 13.3 Å². The van der Waals surface area contributed by atoms with Gasteiger partial charge in [-0.15, -0.1) is 0 Å². The highest BCUT2D eigenvalue weighted by Gasteiger charge is 2.10. The molecule has 0 saturated carbocycles. The molecule has 0 amide bonds. The van der Waals surface area contributed by atoms with E-state index in [2.05, 4.69) is 4.98 Å². The zero-order valence-corrected chi connectivity index (χ0v) is 6.87. The molecule has 1 rings (SSSR count). The molecule has 0 saturated heterocycles. The summed E-state index contributed by atoms with van der Waals surface area (Å²) in [5.74, 6) is 0.164. The van der Waals surface area contributed by atoms with E-state index in [-0.39, 0.29) is 17.1 Å². The summed E-state index contributed by atoms with van der Waals surface area (Å²) in [6.45, 7) is 1.61. The minimum atomic E-state index is -0.121. The molecule has 0 spiro atoms. The number of aldehydes is 1. The van der Waals surface area contributed by atoms with Crippen LogP contribution in [0.3, 0.4) is 0 Å². The molecule has 0 aliphatic carbocycles. The lowest BCUT2D eigenvalue weighted by molar-refractivity contribution is 0.111. The van der Waals surface area contributed by atoms with Crippen molar-refractivity contribution >= 4 is 6.29 Å². The Kier molecular flexibility index (Phi) is 2.28. The standard InChI is InChI=1S/C8H9NO3/c1-5-8(11)6(4-10)7(12-2)3-9-5/h3-4,11H,1-2H3. The second-order valence-electron chi connectivity index (χ2n) is 2.29. The van der Waals surface area contributed by atoms with Crippen LogP contribution in [-0.4, -0.2) is 23.5 Å². The van der Waals surface area contributed by atoms with Crippen molar-refractivity contribution in [2.24, 2.45) is 0 Å². The van der Waals surface area contributed by atoms with E-state index in [4.69, 9.17) is 4.74 Å². The molecule has 0 fully saturated rings. The van der Waals surface area contributed by atoms with Gasteiger partial charge in [-0.25, -0.2) is 0 Å². The Morgan fingerprint density at radius 2 is 2.33 bits per heavy atom. The largest absolute Gasteiger partial charge is 0.505 e. The predicted molar refractivity (Wildman–Crippen MR) is 42.6 cm³/mol. The summed E-state index contributed by atoms with van der Waals surface area (Å²) in [6.07, 6.45) is 1.95. The van der Waals surface area contributed by atoms with Crippen LogP contribution in [0, 0.1) is 6.92 Å². The number of rotatable bonds is 2. The number of carbonyl (C=O) groups is 1. The van der Waals surface area contributed by atoms with E-state index in [0.29, 0.717) is 12.0 Å². The first-order valence-electron chi connectivity index (χ1n) is 3.38. The molecule has 4 heteroatoms. The molecular weight excluding hydrogens is 158 g/mol. The molecule has 12 heavy (non-hydrogen) atoms. The number of ether oxygens (including phenoxy) is 1. The number of aryl methyl sites for hydroxylation is 1. The quantitative estimate of drug-likeness (QED) is 0.665. The van der Waals surface area contributed by atoms with Gasteiger partial charge >= 0.3 is 0 Å². The number of hydrogen-bond acceptors (Lipinski definition) is 4. The van der Waals surface area contributed by atoms with E-state index < -0.39 is 0 Å². The van der Waals surface area contributed by atoms with Gasteiger partial charge in [-0.2, -0.15) is 0 Å². The van der Waals surface area contributed by atoms with Crippen LogP contribution >= 0.6 is 0 Å². The molecule has 0 atom stereocenters. The molecule has 1 heterocycles. The molecule has 64 valence electrons. The zero-order valence-electron chi connectivity index (χ0n) is 6.87. The minimum absolute atomic E-state index is 0.121. The van der Waals surface area contributed by atoms with Crippen molar-refractivity contribution in [2.45, 2.75) is 6.92 Å². The molecule has 1 aromatic rings. The van der Waals surface area contributed by atoms with Gasteiger partial charge in [0.15, 0.2) is 17.8 Å². The van der Waals surface area contributed by atoms with Gasteiger partial charge in [0.25, 0.3) is 0 Å². The topological polar surface area (TPSA) is 59.4 Å². The normalized spacial score (nSPS) is 9.50. The average Bonchev–Trinajstić information content (AvgIpc) is 2.09. The average molecular weight is 167 g/mol. The Bertz CT molecular complexity index is 309. The van der Waals surface area contributed by atoms with Crippen LogP contribution in [-0.2, 0) is 0 Å². The van der Waals surface area contributed by atoms with Crippen LogP contribution in [0.5, 0.6) is 11.5 Å². The van der Waals surface area contributed by atoms with Crippen LogP contribution in [0.4, 0.5) is 0 Å². The van der Waals surface area contributed by atoms with Gasteiger partial charge in [0.1, 0.15) is 5.56 Å². The number of methoxy groups -OCH3 is 1. The Hall–Kier alpha value is -1.58. The van der Waals surface area contributed by atoms with Crippen LogP contribution in [0.2, 0.25) is 0 Å². The molecule has 0 aliphatic heterocycles. The number of nitrogens with zero attached hydrogens (tertiary/aromatic N) is 1. The summed E-state index contributed by atoms with van der Waals surface area (Å²) in [4.78, 5) is 14.3. The zero-order chi connectivity index (χ0) is 9.14. The van der Waals surface area contributed by atoms with Crippen LogP contribution < -0.4 is 4.74 Å². The van der Waals surface area contributed by atoms with Gasteiger partial charge < -0.3 is 9.84 Å². The monoisotopic (exact) mass is 167 g/mol. The van der Waals surface area contributed by atoms with Gasteiger partial charge in [0, 0.05) is 0 Å². The van der Waals surface area contributed by atoms with Crippen molar-refractivity contribution in [1.29, 1.82) is 0 Å². The van der Waals surface area contributed by atoms with Crippen molar-refractivity contribution in [3.8, 4) is 11.5 Å². The first-order valence-corrected chi connectivity index (χ1v) is 3.38. The van der Waals surface area contributed by atoms with Crippen LogP contribution in [0.25, 0.3) is 0 Å². The predicted octanol–water partition coefficient (Wildman–Crippen LogP) is 0.917. The van der Waals surface area contributed by atoms with Crippen molar-refractivity contribution in [1.82, 2.24) is 4.98 Å². The third-order valence-electron chi connectivity index (χ3n) is 1.58. The Balaban J connectivity index is 3.35. The van der Waals surface area contributed by atoms with E-state index >= 15 is 0 Å². The van der Waals surface area contributed by atoms with E-state index in [9.17, 15) is 9.90 Å². The fourth-order valence-electron chi connectivity index (χ4n) is 0.874. The van der Waals surface area contributed by atoms with E-state index in [1.807, 2.05) is 0 Å². The van der Waals surface area contributed by atoms with Crippen molar-refractivity contribution < 1.29 is 14.6 Å². The lowest BCUT2D eigenvalue weighted by atomic mass is 10.2. The third kappa shape index (κ3) is 1.23. The Labute approximate surface area is 69.8 Å². The molecule has 1 N–H and O–H groups in total. The number of pyridine rings is 1. The van der Waals surface area contributed by atoms with Crippen molar-refractivity contribution in [2.75, 3.05) is 7.11 Å². The van der Waals surface area contributed by atoms with Gasteiger partial charge in [0.05, 0.1) is 19.0 Å². The maximum Gasteiger partial charge on any atom is 0.157 e. The molecule has 0 unspecified atom stereocenters. The molecular formula is C8H9NO3. The third-order valence-corrected chi connectivity index (χ3v) is 1.58. The number of aromatic nitrogens is 1. The maximum atomic E-state index is 10.5. The summed E-state index contributed by atoms with van der Waals surface area (Å²) in [6, 6.07) is 0. The molecule has 0 bridgehead atoms. The molecule has 4 nitrogen and oxygen atoms in total. The summed E-state index contributed by atoms with van der Waals surface area (Å²) in [7, 11) is 1.42. The highest BCUT2D eigenvalue weighted by Crippen LogP contribution is 2.26. The Morgan fingerprint density at radius 1 is 1.67 bits per heavy atom. The van der Waals surface area contributed by atoms with Gasteiger partial charge in [-0.1, -0.05) is 0 Å². The fourth-order valence-corrected chi connectivity index (χ4v) is 0.874. The van der Waals surface area contributed by atoms with Gasteiger partial charge in [0.2, 0.25) is 0 Å². The smallest absolute Gasteiger partial charge is 0.157 e.